The third-order valence-electron chi connectivity index (χ3n) is 3.33. The number of β-lactam (4-membered cyclic amide) rings is 1. The Bertz CT molecular complexity index is 542. The fourth-order valence-electron chi connectivity index (χ4n) is 2.40. The van der Waals surface area contributed by atoms with Gasteiger partial charge in [0, 0.05) is 0 Å². The lowest BCUT2D eigenvalue weighted by atomic mass is 10.0. The summed E-state index contributed by atoms with van der Waals surface area (Å²) in [5.41, 5.74) is 0. The van der Waals surface area contributed by atoms with E-state index in [1.165, 1.54) is 16.7 Å². The lowest BCUT2D eigenvalue weighted by molar-refractivity contribution is -0.148. The Kier molecular flexibility index (Phi) is 5.43. The average Bonchev–Trinajstić information content (AvgIpc) is 2.62. The Hall–Kier alpha value is -0.280. The van der Waals surface area contributed by atoms with Gasteiger partial charge in [-0.05, 0) is 25.4 Å². The van der Waals surface area contributed by atoms with Crippen molar-refractivity contribution in [2.75, 3.05) is 6.61 Å². The van der Waals surface area contributed by atoms with E-state index in [2.05, 4.69) is 10.6 Å². The second-order valence-electron chi connectivity index (χ2n) is 5.49. The number of ether oxygens (including phenoxy) is 1. The van der Waals surface area contributed by atoms with Crippen molar-refractivity contribution in [1.29, 1.82) is 0 Å². The summed E-state index contributed by atoms with van der Waals surface area (Å²) in [7, 11) is 0. The highest BCUT2D eigenvalue weighted by Crippen LogP contribution is 2.49. The first-order valence-electron chi connectivity index (χ1n) is 6.38. The first-order valence-corrected chi connectivity index (χ1v) is 8.77. The van der Waals surface area contributed by atoms with Crippen LogP contribution in [0.25, 0.3) is 0 Å². The van der Waals surface area contributed by atoms with E-state index in [9.17, 15) is 14.4 Å². The normalized spacial score (nSPS) is 28.7. The Balaban J connectivity index is 2.01. The van der Waals surface area contributed by atoms with Gasteiger partial charge in [0.25, 0.3) is 5.91 Å². The molecule has 2 unspecified atom stereocenters. The van der Waals surface area contributed by atoms with E-state index < -0.39 is 38.8 Å². The maximum absolute atomic E-state index is 12.2. The largest absolute Gasteiger partial charge is 0.445 e. The van der Waals surface area contributed by atoms with Crippen LogP contribution in [0.15, 0.2) is 0 Å². The van der Waals surface area contributed by atoms with Crippen molar-refractivity contribution in [3.63, 3.8) is 0 Å². The summed E-state index contributed by atoms with van der Waals surface area (Å²) in [5.74, 6) is -0.339. The quantitative estimate of drug-likeness (QED) is 0.314. The van der Waals surface area contributed by atoms with Gasteiger partial charge in [0.1, 0.15) is 24.2 Å². The van der Waals surface area contributed by atoms with E-state index in [-0.39, 0.29) is 11.3 Å². The van der Waals surface area contributed by atoms with Crippen molar-refractivity contribution >= 4 is 75.5 Å². The lowest BCUT2D eigenvalue weighted by Crippen LogP contribution is -2.71. The molecule has 0 radical (unpaired) electrons. The van der Waals surface area contributed by atoms with Gasteiger partial charge in [-0.15, -0.1) is 11.8 Å². The Labute approximate surface area is 156 Å². The van der Waals surface area contributed by atoms with Gasteiger partial charge >= 0.3 is 11.5 Å². The SMILES string of the molecule is CC1(C)S[C@@H]2C(NC(=O)Cl)C(=O)N2C1NC(=O)OCC(Cl)(Cl)Cl. The zero-order chi connectivity index (χ0) is 17.6. The smallest absolute Gasteiger partial charge is 0.408 e. The van der Waals surface area contributed by atoms with Gasteiger partial charge in [0.05, 0.1) is 4.75 Å². The molecule has 0 aromatic heterocycles. The molecule has 0 bridgehead atoms. The van der Waals surface area contributed by atoms with Crippen LogP contribution in [0.1, 0.15) is 13.8 Å². The highest BCUT2D eigenvalue weighted by molar-refractivity contribution is 8.01. The summed E-state index contributed by atoms with van der Waals surface area (Å²) in [6.45, 7) is 3.28. The molecule has 2 saturated heterocycles. The average molecular weight is 425 g/mol. The summed E-state index contributed by atoms with van der Waals surface area (Å²) in [6, 6.07) is -0.715. The number of alkyl halides is 3. The minimum atomic E-state index is -1.72. The lowest BCUT2D eigenvalue weighted by Gasteiger charge is -2.44. The molecule has 12 heteroatoms. The van der Waals surface area contributed by atoms with Crippen LogP contribution in [0, 0.1) is 0 Å². The monoisotopic (exact) mass is 423 g/mol. The first-order chi connectivity index (χ1) is 10.4. The number of nitrogens with one attached hydrogen (secondary N) is 2. The maximum atomic E-state index is 12.2. The molecule has 0 saturated carbocycles. The van der Waals surface area contributed by atoms with Crippen molar-refractivity contribution in [1.82, 2.24) is 15.5 Å². The predicted molar refractivity (Wildman–Crippen MR) is 89.0 cm³/mol. The van der Waals surface area contributed by atoms with E-state index in [0.29, 0.717) is 0 Å². The highest BCUT2D eigenvalue weighted by atomic mass is 35.6. The van der Waals surface area contributed by atoms with E-state index >= 15 is 0 Å². The van der Waals surface area contributed by atoms with Crippen LogP contribution in [0.3, 0.4) is 0 Å². The molecular formula is C11H13Cl4N3O4S. The number of hydrogen-bond donors (Lipinski definition) is 2. The van der Waals surface area contributed by atoms with Crippen LogP contribution in [-0.4, -0.2) is 55.0 Å². The first kappa shape index (κ1) is 19.1. The molecule has 3 amide bonds. The van der Waals surface area contributed by atoms with Gasteiger partial charge in [0.2, 0.25) is 3.79 Å². The maximum Gasteiger partial charge on any atom is 0.408 e. The number of fused-ring (bicyclic) bond motifs is 1. The number of nitrogens with zero attached hydrogens (tertiary/aromatic N) is 1. The molecule has 0 aromatic carbocycles. The van der Waals surface area contributed by atoms with Crippen LogP contribution in [0.4, 0.5) is 9.59 Å². The van der Waals surface area contributed by atoms with Crippen molar-refractivity contribution in [3.8, 4) is 0 Å². The summed E-state index contributed by atoms with van der Waals surface area (Å²) in [5, 5.41) is 3.83. The molecule has 2 aliphatic heterocycles. The van der Waals surface area contributed by atoms with Gasteiger partial charge in [0.15, 0.2) is 0 Å². The van der Waals surface area contributed by atoms with Crippen LogP contribution < -0.4 is 10.6 Å². The topological polar surface area (TPSA) is 87.7 Å². The molecular weight excluding hydrogens is 412 g/mol. The molecule has 2 aliphatic rings. The van der Waals surface area contributed by atoms with Crippen LogP contribution >= 0.6 is 58.2 Å². The molecule has 0 aliphatic carbocycles. The van der Waals surface area contributed by atoms with Gasteiger partial charge in [-0.3, -0.25) is 14.9 Å². The molecule has 2 rings (SSSR count). The fourth-order valence-corrected chi connectivity index (χ4v) is 4.26. The van der Waals surface area contributed by atoms with Gasteiger partial charge in [-0.1, -0.05) is 34.8 Å². The fraction of sp³-hybridized carbons (Fsp3) is 0.727. The van der Waals surface area contributed by atoms with Gasteiger partial charge in [-0.2, -0.15) is 0 Å². The number of carbonyl (C=O) groups excluding carboxylic acids is 3. The molecule has 0 aromatic rings. The summed E-state index contributed by atoms with van der Waals surface area (Å²) in [6.07, 6.45) is -1.44. The van der Waals surface area contributed by atoms with Crippen molar-refractivity contribution in [2.45, 2.75) is 40.0 Å². The number of hydrogen-bond acceptors (Lipinski definition) is 5. The number of carbonyl (C=O) groups is 3. The zero-order valence-electron chi connectivity index (χ0n) is 11.9. The van der Waals surface area contributed by atoms with Crippen LogP contribution in [0.5, 0.6) is 0 Å². The van der Waals surface area contributed by atoms with Gasteiger partial charge < -0.3 is 15.0 Å². The number of amides is 3. The molecule has 3 atom stereocenters. The number of halogens is 4. The van der Waals surface area contributed by atoms with Crippen LogP contribution in [-0.2, 0) is 9.53 Å². The van der Waals surface area contributed by atoms with Gasteiger partial charge in [-0.25, -0.2) is 4.79 Å². The highest BCUT2D eigenvalue weighted by Gasteiger charge is 2.62. The van der Waals surface area contributed by atoms with E-state index in [0.717, 1.165) is 0 Å². The standard InChI is InChI=1S/C11H13Cl4N3O4S/c1-10(2)7(17-9(21)22-3-11(13,14)15)18-5(19)4(6(18)23-10)16-8(12)20/h4,6-7H,3H2,1-2H3,(H,16,20)(H,17,21)/t4?,6-,7?/m1/s1. The minimum absolute atomic E-state index is 0.321. The molecule has 2 heterocycles. The third kappa shape index (κ3) is 4.22. The summed E-state index contributed by atoms with van der Waals surface area (Å²) < 4.78 is 2.58. The molecule has 130 valence electrons. The van der Waals surface area contributed by atoms with Crippen molar-refractivity contribution in [2.24, 2.45) is 0 Å². The second-order valence-corrected chi connectivity index (χ2v) is 10.1. The Morgan fingerprint density at radius 1 is 1.35 bits per heavy atom. The van der Waals surface area contributed by atoms with Crippen molar-refractivity contribution < 1.29 is 19.1 Å². The predicted octanol–water partition coefficient (Wildman–Crippen LogP) is 2.42. The number of alkyl carbamates (subject to hydrolysis) is 1. The molecule has 0 spiro atoms. The Morgan fingerprint density at radius 3 is 2.48 bits per heavy atom. The number of rotatable bonds is 3. The molecule has 7 nitrogen and oxygen atoms in total. The Morgan fingerprint density at radius 2 is 1.96 bits per heavy atom. The summed E-state index contributed by atoms with van der Waals surface area (Å²) >= 11 is 23.2. The minimum Gasteiger partial charge on any atom is -0.445 e. The second kappa shape index (κ2) is 6.55. The number of thioether (sulfide) groups is 1. The summed E-state index contributed by atoms with van der Waals surface area (Å²) in [4.78, 5) is 36.4. The molecule has 23 heavy (non-hydrogen) atoms. The van der Waals surface area contributed by atoms with Crippen LogP contribution in [0.2, 0.25) is 0 Å². The third-order valence-corrected chi connectivity index (χ3v) is 5.34. The molecule has 2 fully saturated rings. The van der Waals surface area contributed by atoms with E-state index in [1.54, 1.807) is 0 Å². The molecule has 2 N–H and O–H groups in total. The van der Waals surface area contributed by atoms with E-state index in [4.69, 9.17) is 51.1 Å². The van der Waals surface area contributed by atoms with E-state index in [1.807, 2.05) is 13.8 Å². The zero-order valence-corrected chi connectivity index (χ0v) is 15.8. The van der Waals surface area contributed by atoms with Crippen molar-refractivity contribution in [3.05, 3.63) is 0 Å².